The van der Waals surface area contributed by atoms with Crippen molar-refractivity contribution in [3.8, 4) is 5.75 Å². The Morgan fingerprint density at radius 1 is 1.17 bits per heavy atom. The van der Waals surface area contributed by atoms with Crippen molar-refractivity contribution in [1.29, 1.82) is 0 Å². The van der Waals surface area contributed by atoms with Crippen molar-refractivity contribution in [2.45, 2.75) is 26.3 Å². The van der Waals surface area contributed by atoms with Crippen molar-refractivity contribution in [1.82, 2.24) is 5.32 Å². The lowest BCUT2D eigenvalue weighted by atomic mass is 9.96. The normalized spacial score (nSPS) is 12.0. The lowest BCUT2D eigenvalue weighted by Gasteiger charge is -2.23. The first-order chi connectivity index (χ1) is 11.0. The van der Waals surface area contributed by atoms with Gasteiger partial charge in [-0.25, -0.2) is 0 Å². The van der Waals surface area contributed by atoms with Crippen LogP contribution in [0.5, 0.6) is 5.75 Å². The number of benzene rings is 2. The molecule has 0 spiro atoms. The van der Waals surface area contributed by atoms with Gasteiger partial charge in [-0.3, -0.25) is 4.79 Å². The molecule has 0 saturated carbocycles. The minimum atomic E-state index is -0.131. The SMILES string of the molecule is COc1ccccc1C(CC(C)C)NC(=O)c1cccc(N)c1. The van der Waals surface area contributed by atoms with Gasteiger partial charge in [0, 0.05) is 16.8 Å². The topological polar surface area (TPSA) is 64.3 Å². The number of carbonyl (C=O) groups excluding carboxylic acids is 1. The zero-order valence-electron chi connectivity index (χ0n) is 13.9. The number of nitrogen functional groups attached to an aromatic ring is 1. The molecule has 0 fully saturated rings. The number of methoxy groups -OCH3 is 1. The first-order valence-corrected chi connectivity index (χ1v) is 7.80. The predicted molar refractivity (Wildman–Crippen MR) is 93.5 cm³/mol. The molecule has 4 heteroatoms. The molecule has 0 bridgehead atoms. The lowest BCUT2D eigenvalue weighted by Crippen LogP contribution is -2.29. The molecular formula is C19H24N2O2. The first-order valence-electron chi connectivity index (χ1n) is 7.80. The first kappa shape index (κ1) is 16.9. The molecule has 2 aromatic rings. The molecule has 0 aromatic heterocycles. The summed E-state index contributed by atoms with van der Waals surface area (Å²) >= 11 is 0. The minimum Gasteiger partial charge on any atom is -0.496 e. The molecule has 4 nitrogen and oxygen atoms in total. The number of hydrogen-bond acceptors (Lipinski definition) is 3. The standard InChI is InChI=1S/C19H24N2O2/c1-13(2)11-17(16-9-4-5-10-18(16)23-3)21-19(22)14-7-6-8-15(20)12-14/h4-10,12-13,17H,11,20H2,1-3H3,(H,21,22). The zero-order chi connectivity index (χ0) is 16.8. The van der Waals surface area contributed by atoms with Crippen molar-refractivity contribution in [2.75, 3.05) is 12.8 Å². The molecule has 1 atom stereocenters. The number of carbonyl (C=O) groups is 1. The second-order valence-corrected chi connectivity index (χ2v) is 6.02. The fraction of sp³-hybridized carbons (Fsp3) is 0.316. The van der Waals surface area contributed by atoms with Crippen LogP contribution in [0, 0.1) is 5.92 Å². The highest BCUT2D eigenvalue weighted by atomic mass is 16.5. The Morgan fingerprint density at radius 2 is 1.91 bits per heavy atom. The third kappa shape index (κ3) is 4.49. The zero-order valence-corrected chi connectivity index (χ0v) is 13.9. The molecule has 1 unspecified atom stereocenters. The summed E-state index contributed by atoms with van der Waals surface area (Å²) in [5.41, 5.74) is 7.89. The Morgan fingerprint density at radius 3 is 2.57 bits per heavy atom. The molecule has 0 aliphatic heterocycles. The molecular weight excluding hydrogens is 288 g/mol. The summed E-state index contributed by atoms with van der Waals surface area (Å²) in [4.78, 5) is 12.6. The van der Waals surface area contributed by atoms with Gasteiger partial charge < -0.3 is 15.8 Å². The molecule has 1 amide bonds. The van der Waals surface area contributed by atoms with Crippen LogP contribution in [0.4, 0.5) is 5.69 Å². The van der Waals surface area contributed by atoms with Crippen molar-refractivity contribution in [3.05, 3.63) is 59.7 Å². The smallest absolute Gasteiger partial charge is 0.251 e. The van der Waals surface area contributed by atoms with Crippen LogP contribution in [0.15, 0.2) is 48.5 Å². The van der Waals surface area contributed by atoms with Crippen molar-refractivity contribution in [3.63, 3.8) is 0 Å². The van der Waals surface area contributed by atoms with E-state index in [1.807, 2.05) is 24.3 Å². The molecule has 0 aliphatic rings. The van der Waals surface area contributed by atoms with Crippen LogP contribution in [0.25, 0.3) is 0 Å². The summed E-state index contributed by atoms with van der Waals surface area (Å²) < 4.78 is 5.44. The van der Waals surface area contributed by atoms with Gasteiger partial charge in [0.1, 0.15) is 5.75 Å². The van der Waals surface area contributed by atoms with Crippen LogP contribution in [0.2, 0.25) is 0 Å². The average molecular weight is 312 g/mol. The Balaban J connectivity index is 2.27. The predicted octanol–water partition coefficient (Wildman–Crippen LogP) is 3.79. The van der Waals surface area contributed by atoms with Crippen LogP contribution >= 0.6 is 0 Å². The third-order valence-electron chi connectivity index (χ3n) is 3.68. The number of nitrogens with two attached hydrogens (primary N) is 1. The van der Waals surface area contributed by atoms with E-state index in [1.165, 1.54) is 0 Å². The van der Waals surface area contributed by atoms with Gasteiger partial charge in [0.25, 0.3) is 5.91 Å². The molecule has 122 valence electrons. The third-order valence-corrected chi connectivity index (χ3v) is 3.68. The van der Waals surface area contributed by atoms with Crippen LogP contribution in [0.3, 0.4) is 0 Å². The second kappa shape index (κ2) is 7.68. The van der Waals surface area contributed by atoms with E-state index in [-0.39, 0.29) is 11.9 Å². The number of rotatable bonds is 6. The number of anilines is 1. The van der Waals surface area contributed by atoms with Crippen LogP contribution in [-0.4, -0.2) is 13.0 Å². The number of hydrogen-bond donors (Lipinski definition) is 2. The van der Waals surface area contributed by atoms with Crippen molar-refractivity contribution < 1.29 is 9.53 Å². The minimum absolute atomic E-state index is 0.111. The van der Waals surface area contributed by atoms with Gasteiger partial charge in [-0.05, 0) is 36.6 Å². The van der Waals surface area contributed by atoms with Crippen molar-refractivity contribution in [2.24, 2.45) is 5.92 Å². The number of ether oxygens (including phenoxy) is 1. The lowest BCUT2D eigenvalue weighted by molar-refractivity contribution is 0.0931. The van der Waals surface area contributed by atoms with Gasteiger partial charge in [-0.1, -0.05) is 38.1 Å². The molecule has 23 heavy (non-hydrogen) atoms. The van der Waals surface area contributed by atoms with Crippen LogP contribution in [0.1, 0.15) is 42.2 Å². The van der Waals surface area contributed by atoms with E-state index < -0.39 is 0 Å². The molecule has 0 radical (unpaired) electrons. The van der Waals surface area contributed by atoms with E-state index in [0.29, 0.717) is 17.2 Å². The largest absolute Gasteiger partial charge is 0.496 e. The van der Waals surface area contributed by atoms with E-state index in [4.69, 9.17) is 10.5 Å². The highest BCUT2D eigenvalue weighted by molar-refractivity contribution is 5.95. The van der Waals surface area contributed by atoms with Gasteiger partial charge in [0.2, 0.25) is 0 Å². The summed E-state index contributed by atoms with van der Waals surface area (Å²) in [6, 6.07) is 14.7. The quantitative estimate of drug-likeness (QED) is 0.798. The average Bonchev–Trinajstić information content (AvgIpc) is 2.53. The Hall–Kier alpha value is -2.49. The van der Waals surface area contributed by atoms with Gasteiger partial charge in [0.15, 0.2) is 0 Å². The molecule has 2 rings (SSSR count). The maximum absolute atomic E-state index is 12.6. The summed E-state index contributed by atoms with van der Waals surface area (Å²) in [5, 5.41) is 3.11. The van der Waals surface area contributed by atoms with Crippen LogP contribution < -0.4 is 15.8 Å². The number of nitrogens with one attached hydrogen (secondary N) is 1. The maximum atomic E-state index is 12.6. The van der Waals surface area contributed by atoms with E-state index in [0.717, 1.165) is 17.7 Å². The molecule has 0 aliphatic carbocycles. The number of amides is 1. The molecule has 0 saturated heterocycles. The van der Waals surface area contributed by atoms with E-state index >= 15 is 0 Å². The summed E-state index contributed by atoms with van der Waals surface area (Å²) in [7, 11) is 1.64. The Kier molecular flexibility index (Phi) is 5.63. The monoisotopic (exact) mass is 312 g/mol. The van der Waals surface area contributed by atoms with Crippen molar-refractivity contribution >= 4 is 11.6 Å². The Labute approximate surface area is 137 Å². The molecule has 3 N–H and O–H groups in total. The summed E-state index contributed by atoms with van der Waals surface area (Å²) in [6.45, 7) is 4.27. The highest BCUT2D eigenvalue weighted by Crippen LogP contribution is 2.29. The number of para-hydroxylation sites is 1. The molecule has 0 heterocycles. The van der Waals surface area contributed by atoms with E-state index in [1.54, 1.807) is 31.4 Å². The van der Waals surface area contributed by atoms with E-state index in [2.05, 4.69) is 19.2 Å². The van der Waals surface area contributed by atoms with Gasteiger partial charge >= 0.3 is 0 Å². The molecule has 2 aromatic carbocycles. The summed E-state index contributed by atoms with van der Waals surface area (Å²) in [6.07, 6.45) is 0.828. The Bertz CT molecular complexity index is 668. The van der Waals surface area contributed by atoms with Gasteiger partial charge in [-0.15, -0.1) is 0 Å². The van der Waals surface area contributed by atoms with E-state index in [9.17, 15) is 4.79 Å². The fourth-order valence-electron chi connectivity index (χ4n) is 2.61. The van der Waals surface area contributed by atoms with Gasteiger partial charge in [0.05, 0.1) is 13.2 Å². The highest BCUT2D eigenvalue weighted by Gasteiger charge is 2.20. The van der Waals surface area contributed by atoms with Gasteiger partial charge in [-0.2, -0.15) is 0 Å². The fourth-order valence-corrected chi connectivity index (χ4v) is 2.61. The second-order valence-electron chi connectivity index (χ2n) is 6.02. The van der Waals surface area contributed by atoms with Crippen LogP contribution in [-0.2, 0) is 0 Å². The maximum Gasteiger partial charge on any atom is 0.251 e. The summed E-state index contributed by atoms with van der Waals surface area (Å²) in [5.74, 6) is 1.09.